The molecule has 0 aliphatic rings. The standard InChI is InChI=1S/C16H25FN2O2/c1-4-9-18-11-13-7-8-15(14(17)10-13)21-12-16(20)19(5-2)6-3/h7-8,10,18H,4-6,9,11-12H2,1-3H3. The third-order valence-electron chi connectivity index (χ3n) is 3.22. The molecule has 1 aromatic carbocycles. The summed E-state index contributed by atoms with van der Waals surface area (Å²) in [5, 5.41) is 3.21. The van der Waals surface area contributed by atoms with Gasteiger partial charge in [-0.2, -0.15) is 0 Å². The van der Waals surface area contributed by atoms with Gasteiger partial charge in [0.2, 0.25) is 0 Å². The lowest BCUT2D eigenvalue weighted by Crippen LogP contribution is -2.34. The van der Waals surface area contributed by atoms with Gasteiger partial charge in [0.25, 0.3) is 5.91 Å². The molecule has 0 bridgehead atoms. The van der Waals surface area contributed by atoms with E-state index in [1.54, 1.807) is 11.0 Å². The molecule has 118 valence electrons. The Morgan fingerprint density at radius 2 is 2.00 bits per heavy atom. The van der Waals surface area contributed by atoms with Crippen LogP contribution in [0.15, 0.2) is 18.2 Å². The zero-order valence-corrected chi connectivity index (χ0v) is 13.1. The third kappa shape index (κ3) is 5.71. The van der Waals surface area contributed by atoms with E-state index in [0.717, 1.165) is 18.5 Å². The second kappa shape index (κ2) is 9.34. The van der Waals surface area contributed by atoms with Gasteiger partial charge in [0.15, 0.2) is 18.2 Å². The molecule has 1 N–H and O–H groups in total. The summed E-state index contributed by atoms with van der Waals surface area (Å²) in [4.78, 5) is 13.5. The molecule has 1 rings (SSSR count). The van der Waals surface area contributed by atoms with Crippen LogP contribution in [0.25, 0.3) is 0 Å². The number of ether oxygens (including phenoxy) is 1. The molecule has 0 saturated carbocycles. The number of carbonyl (C=O) groups excluding carboxylic acids is 1. The maximum Gasteiger partial charge on any atom is 0.260 e. The second-order valence-corrected chi connectivity index (χ2v) is 4.80. The minimum absolute atomic E-state index is 0.120. The molecule has 5 heteroatoms. The van der Waals surface area contributed by atoms with E-state index in [9.17, 15) is 9.18 Å². The fourth-order valence-electron chi connectivity index (χ4n) is 1.99. The molecular formula is C16H25FN2O2. The van der Waals surface area contributed by atoms with Gasteiger partial charge in [-0.05, 0) is 44.5 Å². The van der Waals surface area contributed by atoms with Crippen LogP contribution in [0.2, 0.25) is 0 Å². The van der Waals surface area contributed by atoms with Crippen molar-refractivity contribution in [3.8, 4) is 5.75 Å². The molecule has 1 aromatic rings. The summed E-state index contributed by atoms with van der Waals surface area (Å²) >= 11 is 0. The van der Waals surface area contributed by atoms with Gasteiger partial charge >= 0.3 is 0 Å². The van der Waals surface area contributed by atoms with Crippen LogP contribution < -0.4 is 10.1 Å². The molecule has 0 spiro atoms. The van der Waals surface area contributed by atoms with E-state index in [1.165, 1.54) is 6.07 Å². The largest absolute Gasteiger partial charge is 0.481 e. The van der Waals surface area contributed by atoms with E-state index >= 15 is 0 Å². The van der Waals surface area contributed by atoms with Crippen LogP contribution in [0.5, 0.6) is 5.75 Å². The number of likely N-dealkylation sites (N-methyl/N-ethyl adjacent to an activating group) is 1. The van der Waals surface area contributed by atoms with Crippen molar-refractivity contribution < 1.29 is 13.9 Å². The topological polar surface area (TPSA) is 41.6 Å². The molecule has 0 aromatic heterocycles. The number of nitrogens with one attached hydrogen (secondary N) is 1. The highest BCUT2D eigenvalue weighted by atomic mass is 19.1. The van der Waals surface area contributed by atoms with Gasteiger partial charge in [-0.1, -0.05) is 13.0 Å². The van der Waals surface area contributed by atoms with Crippen molar-refractivity contribution in [1.82, 2.24) is 10.2 Å². The van der Waals surface area contributed by atoms with Crippen LogP contribution in [-0.2, 0) is 11.3 Å². The SMILES string of the molecule is CCCNCc1ccc(OCC(=O)N(CC)CC)c(F)c1. The van der Waals surface area contributed by atoms with Gasteiger partial charge < -0.3 is 15.0 Å². The lowest BCUT2D eigenvalue weighted by Gasteiger charge is -2.18. The summed E-state index contributed by atoms with van der Waals surface area (Å²) in [7, 11) is 0. The third-order valence-corrected chi connectivity index (χ3v) is 3.22. The number of hydrogen-bond acceptors (Lipinski definition) is 3. The average Bonchev–Trinajstić information content (AvgIpc) is 2.48. The maximum absolute atomic E-state index is 13.9. The molecule has 0 unspecified atom stereocenters. The highest BCUT2D eigenvalue weighted by Gasteiger charge is 2.12. The molecule has 21 heavy (non-hydrogen) atoms. The van der Waals surface area contributed by atoms with Crippen molar-refractivity contribution in [2.45, 2.75) is 33.7 Å². The Hall–Kier alpha value is -1.62. The molecule has 0 heterocycles. The number of amides is 1. The Morgan fingerprint density at radius 1 is 1.29 bits per heavy atom. The van der Waals surface area contributed by atoms with Crippen molar-refractivity contribution in [3.05, 3.63) is 29.6 Å². The average molecular weight is 296 g/mol. The normalized spacial score (nSPS) is 10.5. The predicted octanol–water partition coefficient (Wildman–Crippen LogP) is 2.57. The van der Waals surface area contributed by atoms with Gasteiger partial charge in [-0.15, -0.1) is 0 Å². The zero-order chi connectivity index (χ0) is 15.7. The van der Waals surface area contributed by atoms with E-state index in [-0.39, 0.29) is 18.3 Å². The van der Waals surface area contributed by atoms with Crippen LogP contribution >= 0.6 is 0 Å². The first kappa shape index (κ1) is 17.4. The van der Waals surface area contributed by atoms with E-state index in [2.05, 4.69) is 12.2 Å². The maximum atomic E-state index is 13.9. The monoisotopic (exact) mass is 296 g/mol. The fraction of sp³-hybridized carbons (Fsp3) is 0.562. The van der Waals surface area contributed by atoms with Gasteiger partial charge in [-0.3, -0.25) is 4.79 Å². The number of halogens is 1. The lowest BCUT2D eigenvalue weighted by atomic mass is 10.2. The van der Waals surface area contributed by atoms with Crippen molar-refractivity contribution >= 4 is 5.91 Å². The summed E-state index contributed by atoms with van der Waals surface area (Å²) in [6, 6.07) is 4.83. The number of rotatable bonds is 9. The van der Waals surface area contributed by atoms with Crippen LogP contribution in [0.1, 0.15) is 32.8 Å². The number of carbonyl (C=O) groups is 1. The molecule has 4 nitrogen and oxygen atoms in total. The van der Waals surface area contributed by atoms with Crippen LogP contribution in [0.4, 0.5) is 4.39 Å². The Morgan fingerprint density at radius 3 is 2.57 bits per heavy atom. The van der Waals surface area contributed by atoms with Gasteiger partial charge in [-0.25, -0.2) is 4.39 Å². The first-order valence-corrected chi connectivity index (χ1v) is 7.52. The van der Waals surface area contributed by atoms with Crippen LogP contribution in [-0.4, -0.2) is 37.0 Å². The quantitative estimate of drug-likeness (QED) is 0.712. The van der Waals surface area contributed by atoms with Crippen LogP contribution in [0.3, 0.4) is 0 Å². The van der Waals surface area contributed by atoms with Gasteiger partial charge in [0, 0.05) is 19.6 Å². The second-order valence-electron chi connectivity index (χ2n) is 4.80. The van der Waals surface area contributed by atoms with Crippen LogP contribution in [0, 0.1) is 5.82 Å². The van der Waals surface area contributed by atoms with E-state index in [4.69, 9.17) is 4.74 Å². The van der Waals surface area contributed by atoms with Crippen molar-refractivity contribution in [2.75, 3.05) is 26.2 Å². The number of benzene rings is 1. The van der Waals surface area contributed by atoms with Gasteiger partial charge in [0.1, 0.15) is 0 Å². The molecular weight excluding hydrogens is 271 g/mol. The van der Waals surface area contributed by atoms with E-state index in [0.29, 0.717) is 19.6 Å². The summed E-state index contributed by atoms with van der Waals surface area (Å²) < 4.78 is 19.2. The Balaban J connectivity index is 2.54. The zero-order valence-electron chi connectivity index (χ0n) is 13.1. The Kier molecular flexibility index (Phi) is 7.75. The van der Waals surface area contributed by atoms with Crippen molar-refractivity contribution in [2.24, 2.45) is 0 Å². The Bertz CT molecular complexity index is 448. The smallest absolute Gasteiger partial charge is 0.260 e. The first-order valence-electron chi connectivity index (χ1n) is 7.52. The van der Waals surface area contributed by atoms with Crippen molar-refractivity contribution in [1.29, 1.82) is 0 Å². The van der Waals surface area contributed by atoms with E-state index < -0.39 is 5.82 Å². The minimum atomic E-state index is -0.432. The summed E-state index contributed by atoms with van der Waals surface area (Å²) in [6.45, 7) is 8.54. The lowest BCUT2D eigenvalue weighted by molar-refractivity contribution is -0.133. The molecule has 0 aliphatic heterocycles. The Labute approximate surface area is 126 Å². The number of nitrogens with zero attached hydrogens (tertiary/aromatic N) is 1. The molecule has 1 amide bonds. The minimum Gasteiger partial charge on any atom is -0.481 e. The summed E-state index contributed by atoms with van der Waals surface area (Å²) in [5.41, 5.74) is 0.864. The fourth-order valence-corrected chi connectivity index (χ4v) is 1.99. The van der Waals surface area contributed by atoms with E-state index in [1.807, 2.05) is 19.9 Å². The highest BCUT2D eigenvalue weighted by Crippen LogP contribution is 2.18. The predicted molar refractivity (Wildman–Crippen MR) is 81.8 cm³/mol. The summed E-state index contributed by atoms with van der Waals surface area (Å²) in [6.07, 6.45) is 1.04. The first-order chi connectivity index (χ1) is 10.1. The van der Waals surface area contributed by atoms with Gasteiger partial charge in [0.05, 0.1) is 0 Å². The molecule has 0 radical (unpaired) electrons. The molecule has 0 fully saturated rings. The molecule has 0 saturated heterocycles. The highest BCUT2D eigenvalue weighted by molar-refractivity contribution is 5.77. The number of hydrogen-bond donors (Lipinski definition) is 1. The summed E-state index contributed by atoms with van der Waals surface area (Å²) in [5.74, 6) is -0.444. The molecule has 0 aliphatic carbocycles. The van der Waals surface area contributed by atoms with Crippen molar-refractivity contribution in [3.63, 3.8) is 0 Å². The molecule has 0 atom stereocenters.